The standard InChI is InChI=1S/C36H26N2O6/c39-32-24-8-4-5-9-25(24)33(40)27-18-22(14-17-26(27)32)19-38-34(41)28-29(35(38)42)31(36(43)44)37-30(28)23-15-12-21(13-16-23)11-10-20-6-2-1-3-7-20/h1-18,28-31,37H,19H2,(H,43,44)/b11-10+. The van der Waals surface area contributed by atoms with Gasteiger partial charge in [0.25, 0.3) is 0 Å². The van der Waals surface area contributed by atoms with E-state index in [0.29, 0.717) is 22.3 Å². The van der Waals surface area contributed by atoms with E-state index < -0.39 is 41.7 Å². The molecule has 3 aliphatic rings. The highest BCUT2D eigenvalue weighted by atomic mass is 16.4. The van der Waals surface area contributed by atoms with E-state index in [2.05, 4.69) is 5.32 Å². The Hall–Kier alpha value is -5.47. The van der Waals surface area contributed by atoms with E-state index in [1.807, 2.05) is 66.7 Å². The number of hydrogen-bond acceptors (Lipinski definition) is 6. The second kappa shape index (κ2) is 10.7. The molecule has 0 saturated carbocycles. The van der Waals surface area contributed by atoms with Crippen LogP contribution in [-0.2, 0) is 20.9 Å². The predicted molar refractivity (Wildman–Crippen MR) is 161 cm³/mol. The normalized spacial score (nSPS) is 22.3. The number of likely N-dealkylation sites (tertiary alicyclic amines) is 1. The van der Waals surface area contributed by atoms with Gasteiger partial charge in [0.15, 0.2) is 11.6 Å². The van der Waals surface area contributed by atoms with Gasteiger partial charge in [-0.3, -0.25) is 34.2 Å². The summed E-state index contributed by atoms with van der Waals surface area (Å²) in [5.41, 5.74) is 4.33. The summed E-state index contributed by atoms with van der Waals surface area (Å²) in [4.78, 5) is 66.9. The Balaban J connectivity index is 1.15. The smallest absolute Gasteiger partial charge is 0.321 e. The molecule has 0 bridgehead atoms. The zero-order valence-electron chi connectivity index (χ0n) is 23.3. The molecule has 44 heavy (non-hydrogen) atoms. The van der Waals surface area contributed by atoms with Gasteiger partial charge in [0.1, 0.15) is 6.04 Å². The van der Waals surface area contributed by atoms with Crippen molar-refractivity contribution in [2.24, 2.45) is 11.8 Å². The second-order valence-electron chi connectivity index (χ2n) is 11.3. The number of carbonyl (C=O) groups is 5. The Kier molecular flexibility index (Phi) is 6.63. The van der Waals surface area contributed by atoms with Gasteiger partial charge < -0.3 is 5.11 Å². The van der Waals surface area contributed by atoms with Crippen LogP contribution in [0.4, 0.5) is 0 Å². The van der Waals surface area contributed by atoms with Crippen LogP contribution in [0.3, 0.4) is 0 Å². The molecule has 0 spiro atoms. The van der Waals surface area contributed by atoms with E-state index >= 15 is 0 Å². The number of amides is 2. The van der Waals surface area contributed by atoms with Crippen LogP contribution >= 0.6 is 0 Å². The number of fused-ring (bicyclic) bond motifs is 3. The van der Waals surface area contributed by atoms with E-state index in [4.69, 9.17) is 0 Å². The Morgan fingerprint density at radius 2 is 1.25 bits per heavy atom. The van der Waals surface area contributed by atoms with Gasteiger partial charge in [-0.2, -0.15) is 0 Å². The summed E-state index contributed by atoms with van der Waals surface area (Å²) in [7, 11) is 0. The summed E-state index contributed by atoms with van der Waals surface area (Å²) >= 11 is 0. The Morgan fingerprint density at radius 3 is 1.91 bits per heavy atom. The largest absolute Gasteiger partial charge is 0.480 e. The van der Waals surface area contributed by atoms with Gasteiger partial charge in [-0.15, -0.1) is 0 Å². The van der Waals surface area contributed by atoms with Crippen LogP contribution in [0.1, 0.15) is 60.1 Å². The fourth-order valence-electron chi connectivity index (χ4n) is 6.56. The van der Waals surface area contributed by atoms with Gasteiger partial charge in [0.2, 0.25) is 11.8 Å². The minimum atomic E-state index is -1.23. The molecule has 2 aliphatic heterocycles. The first-order chi connectivity index (χ1) is 21.3. The van der Waals surface area contributed by atoms with Gasteiger partial charge in [-0.05, 0) is 34.4 Å². The van der Waals surface area contributed by atoms with Crippen LogP contribution < -0.4 is 5.32 Å². The summed E-state index contributed by atoms with van der Waals surface area (Å²) in [5, 5.41) is 13.0. The number of nitrogens with zero attached hydrogens (tertiary/aromatic N) is 1. The zero-order valence-corrected chi connectivity index (χ0v) is 23.3. The van der Waals surface area contributed by atoms with E-state index in [9.17, 15) is 29.1 Å². The number of nitrogens with one attached hydrogen (secondary N) is 1. The van der Waals surface area contributed by atoms with Crippen molar-refractivity contribution in [3.05, 3.63) is 142 Å². The third-order valence-corrected chi connectivity index (χ3v) is 8.73. The monoisotopic (exact) mass is 582 g/mol. The molecule has 8 nitrogen and oxygen atoms in total. The average Bonchev–Trinajstić information content (AvgIpc) is 3.56. The highest BCUT2D eigenvalue weighted by Gasteiger charge is 2.60. The molecular weight excluding hydrogens is 556 g/mol. The molecule has 2 amide bonds. The maximum Gasteiger partial charge on any atom is 0.321 e. The van der Waals surface area contributed by atoms with E-state index in [-0.39, 0.29) is 29.2 Å². The van der Waals surface area contributed by atoms with E-state index in [0.717, 1.165) is 16.0 Å². The van der Waals surface area contributed by atoms with E-state index in [1.54, 1.807) is 42.5 Å². The van der Waals surface area contributed by atoms with Crippen molar-refractivity contribution in [2.75, 3.05) is 0 Å². The number of aliphatic carboxylic acids is 1. The predicted octanol–water partition coefficient (Wildman–Crippen LogP) is 4.53. The Morgan fingerprint density at radius 1 is 0.682 bits per heavy atom. The number of carboxylic acid groups (broad SMARTS) is 1. The summed E-state index contributed by atoms with van der Waals surface area (Å²) in [5.74, 6) is -4.79. The topological polar surface area (TPSA) is 121 Å². The van der Waals surface area contributed by atoms with Crippen molar-refractivity contribution in [1.82, 2.24) is 10.2 Å². The maximum atomic E-state index is 13.8. The molecule has 1 aliphatic carbocycles. The molecule has 4 unspecified atom stereocenters. The molecule has 2 fully saturated rings. The third-order valence-electron chi connectivity index (χ3n) is 8.73. The van der Waals surface area contributed by atoms with Crippen molar-refractivity contribution >= 4 is 41.5 Å². The van der Waals surface area contributed by atoms with Gasteiger partial charge in [0, 0.05) is 28.3 Å². The molecule has 8 heteroatoms. The van der Waals surface area contributed by atoms with Crippen LogP contribution in [0.2, 0.25) is 0 Å². The molecule has 4 aromatic carbocycles. The third kappa shape index (κ3) is 4.47. The number of hydrogen-bond donors (Lipinski definition) is 2. The van der Waals surface area contributed by atoms with Crippen LogP contribution in [-0.4, -0.2) is 45.4 Å². The Bertz CT molecular complexity index is 1900. The van der Waals surface area contributed by atoms with Crippen molar-refractivity contribution in [2.45, 2.75) is 18.6 Å². The van der Waals surface area contributed by atoms with Crippen molar-refractivity contribution in [1.29, 1.82) is 0 Å². The van der Waals surface area contributed by atoms with Crippen molar-refractivity contribution < 1.29 is 29.1 Å². The molecule has 2 saturated heterocycles. The number of ketones is 2. The fourth-order valence-corrected chi connectivity index (χ4v) is 6.56. The molecule has 216 valence electrons. The van der Waals surface area contributed by atoms with E-state index in [1.165, 1.54) is 0 Å². The molecule has 4 atom stereocenters. The number of carbonyl (C=O) groups excluding carboxylic acids is 4. The molecule has 4 aromatic rings. The number of rotatable bonds is 6. The minimum absolute atomic E-state index is 0.136. The lowest BCUT2D eigenvalue weighted by molar-refractivity contribution is -0.146. The van der Waals surface area contributed by atoms with Crippen LogP contribution in [0.5, 0.6) is 0 Å². The first kappa shape index (κ1) is 27.4. The van der Waals surface area contributed by atoms with Crippen LogP contribution in [0.15, 0.2) is 97.1 Å². The van der Waals surface area contributed by atoms with Gasteiger partial charge in [-0.25, -0.2) is 0 Å². The molecule has 0 radical (unpaired) electrons. The van der Waals surface area contributed by atoms with Gasteiger partial charge in [-0.1, -0.05) is 97.1 Å². The SMILES string of the molecule is O=C1c2ccccc2C(=O)c2cc(CN3C(=O)C4C(C(=O)O)NC(c5ccc(/C=C/c6ccccc6)cc5)C4C3=O)ccc21. The summed E-state index contributed by atoms with van der Waals surface area (Å²) in [6, 6.07) is 26.7. The molecule has 2 heterocycles. The maximum absolute atomic E-state index is 13.8. The average molecular weight is 583 g/mol. The quantitative estimate of drug-likeness (QED) is 0.223. The number of carboxylic acids is 1. The van der Waals surface area contributed by atoms with Crippen molar-refractivity contribution in [3.8, 4) is 0 Å². The number of imide groups is 1. The lowest BCUT2D eigenvalue weighted by Crippen LogP contribution is -2.42. The lowest BCUT2D eigenvalue weighted by atomic mass is 9.83. The highest BCUT2D eigenvalue weighted by Crippen LogP contribution is 2.44. The summed E-state index contributed by atoms with van der Waals surface area (Å²) in [6.07, 6.45) is 3.95. The molecule has 7 rings (SSSR count). The molecule has 2 N–H and O–H groups in total. The van der Waals surface area contributed by atoms with Crippen LogP contribution in [0, 0.1) is 11.8 Å². The first-order valence-corrected chi connectivity index (χ1v) is 14.3. The fraction of sp³-hybridized carbons (Fsp3) is 0.139. The van der Waals surface area contributed by atoms with Gasteiger partial charge in [0.05, 0.1) is 18.4 Å². The lowest BCUT2D eigenvalue weighted by Gasteiger charge is -2.22. The van der Waals surface area contributed by atoms with Crippen molar-refractivity contribution in [3.63, 3.8) is 0 Å². The van der Waals surface area contributed by atoms with Crippen LogP contribution in [0.25, 0.3) is 12.2 Å². The Labute approximate surface area is 252 Å². The molecule has 0 aromatic heterocycles. The summed E-state index contributed by atoms with van der Waals surface area (Å²) < 4.78 is 0. The zero-order chi connectivity index (χ0) is 30.5. The molecular formula is C36H26N2O6. The minimum Gasteiger partial charge on any atom is -0.480 e. The highest BCUT2D eigenvalue weighted by molar-refractivity contribution is 6.28. The number of benzene rings is 4. The first-order valence-electron chi connectivity index (χ1n) is 14.3. The second-order valence-corrected chi connectivity index (χ2v) is 11.3. The summed E-state index contributed by atoms with van der Waals surface area (Å²) in [6.45, 7) is -0.136. The van der Waals surface area contributed by atoms with Gasteiger partial charge >= 0.3 is 5.97 Å².